The number of fused-ring (bicyclic) bond motifs is 1. The second-order valence-electron chi connectivity index (χ2n) is 6.25. The lowest BCUT2D eigenvalue weighted by Gasteiger charge is -2.11. The van der Waals surface area contributed by atoms with Crippen LogP contribution in [-0.2, 0) is 13.6 Å². The van der Waals surface area contributed by atoms with Crippen molar-refractivity contribution in [2.45, 2.75) is 6.54 Å². The van der Waals surface area contributed by atoms with E-state index >= 15 is 0 Å². The highest BCUT2D eigenvalue weighted by atomic mass is 19.1. The maximum atomic E-state index is 14.0. The number of nitrogens with zero attached hydrogens (tertiary/aromatic N) is 7. The van der Waals surface area contributed by atoms with Gasteiger partial charge in [-0.2, -0.15) is 4.98 Å². The standard InChI is InChI=1S/C17H16FN7O/c1-24(2)9-12-6-10(4-5-13(12)18)15-20-17(26-22-15)11-7-14-16(19-8-11)25(3)23-21-14/h4-8H,9H2,1-3H3. The predicted molar refractivity (Wildman–Crippen MR) is 92.4 cm³/mol. The molecule has 0 aliphatic rings. The molecule has 0 atom stereocenters. The van der Waals surface area contributed by atoms with E-state index < -0.39 is 0 Å². The van der Waals surface area contributed by atoms with Gasteiger partial charge in [0.1, 0.15) is 11.3 Å². The van der Waals surface area contributed by atoms with Gasteiger partial charge < -0.3 is 9.42 Å². The average Bonchev–Trinajstić information content (AvgIpc) is 3.24. The summed E-state index contributed by atoms with van der Waals surface area (Å²) in [6.45, 7) is 0.484. The van der Waals surface area contributed by atoms with E-state index in [0.29, 0.717) is 46.1 Å². The van der Waals surface area contributed by atoms with Crippen LogP contribution in [0.1, 0.15) is 5.56 Å². The van der Waals surface area contributed by atoms with Gasteiger partial charge in [-0.25, -0.2) is 14.1 Å². The Balaban J connectivity index is 1.69. The molecular weight excluding hydrogens is 337 g/mol. The molecule has 0 fully saturated rings. The van der Waals surface area contributed by atoms with Crippen LogP contribution in [0.5, 0.6) is 0 Å². The largest absolute Gasteiger partial charge is 0.334 e. The van der Waals surface area contributed by atoms with Crippen LogP contribution in [0.2, 0.25) is 0 Å². The first-order chi connectivity index (χ1) is 12.5. The third-order valence-electron chi connectivity index (χ3n) is 3.90. The fraction of sp³-hybridized carbons (Fsp3) is 0.235. The zero-order valence-corrected chi connectivity index (χ0v) is 14.5. The Hall–Kier alpha value is -3.20. The van der Waals surface area contributed by atoms with Crippen LogP contribution in [-0.4, -0.2) is 49.1 Å². The van der Waals surface area contributed by atoms with E-state index in [0.717, 1.165) is 0 Å². The first-order valence-electron chi connectivity index (χ1n) is 7.94. The molecule has 1 aromatic carbocycles. The molecule has 3 aromatic heterocycles. The Labute approximate surface area is 148 Å². The Morgan fingerprint density at radius 1 is 1.19 bits per heavy atom. The number of halogens is 1. The fourth-order valence-corrected chi connectivity index (χ4v) is 2.68. The molecule has 0 radical (unpaired) electrons. The van der Waals surface area contributed by atoms with Gasteiger partial charge in [-0.05, 0) is 38.4 Å². The van der Waals surface area contributed by atoms with E-state index in [-0.39, 0.29) is 5.82 Å². The zero-order chi connectivity index (χ0) is 18.3. The highest BCUT2D eigenvalue weighted by Gasteiger charge is 2.15. The molecule has 3 heterocycles. The van der Waals surface area contributed by atoms with Crippen LogP contribution in [0, 0.1) is 5.82 Å². The van der Waals surface area contributed by atoms with Gasteiger partial charge in [0.25, 0.3) is 5.89 Å². The number of benzene rings is 1. The van der Waals surface area contributed by atoms with Crippen molar-refractivity contribution < 1.29 is 8.91 Å². The predicted octanol–water partition coefficient (Wildman–Crippen LogP) is 2.28. The van der Waals surface area contributed by atoms with Gasteiger partial charge in [0.2, 0.25) is 5.82 Å². The smallest absolute Gasteiger partial charge is 0.259 e. The van der Waals surface area contributed by atoms with Crippen molar-refractivity contribution in [3.63, 3.8) is 0 Å². The summed E-state index contributed by atoms with van der Waals surface area (Å²) in [6, 6.07) is 6.56. The summed E-state index contributed by atoms with van der Waals surface area (Å²) in [7, 11) is 5.54. The molecule has 4 aromatic rings. The highest BCUT2D eigenvalue weighted by Crippen LogP contribution is 2.25. The Morgan fingerprint density at radius 3 is 2.85 bits per heavy atom. The molecule has 0 spiro atoms. The van der Waals surface area contributed by atoms with Crippen LogP contribution in [0.3, 0.4) is 0 Å². The molecule has 8 nitrogen and oxygen atoms in total. The molecule has 4 rings (SSSR count). The van der Waals surface area contributed by atoms with Gasteiger partial charge in [-0.3, -0.25) is 0 Å². The van der Waals surface area contributed by atoms with E-state index in [1.165, 1.54) is 6.07 Å². The summed E-state index contributed by atoms with van der Waals surface area (Å²) in [4.78, 5) is 10.6. The third-order valence-corrected chi connectivity index (χ3v) is 3.90. The molecule has 132 valence electrons. The van der Waals surface area contributed by atoms with Crippen molar-refractivity contribution in [1.82, 2.24) is 35.0 Å². The second kappa shape index (κ2) is 6.26. The monoisotopic (exact) mass is 353 g/mol. The molecule has 9 heteroatoms. The van der Waals surface area contributed by atoms with Crippen molar-refractivity contribution in [3.8, 4) is 22.8 Å². The molecule has 26 heavy (non-hydrogen) atoms. The quantitative estimate of drug-likeness (QED) is 0.556. The molecule has 0 unspecified atom stereocenters. The van der Waals surface area contributed by atoms with E-state index in [1.807, 2.05) is 19.0 Å². The summed E-state index contributed by atoms with van der Waals surface area (Å²) in [5.41, 5.74) is 3.21. The van der Waals surface area contributed by atoms with Gasteiger partial charge in [-0.1, -0.05) is 10.4 Å². The molecular formula is C17H16FN7O. The molecule has 0 bridgehead atoms. The number of aromatic nitrogens is 6. The van der Waals surface area contributed by atoms with E-state index in [1.54, 1.807) is 36.1 Å². The number of pyridine rings is 1. The van der Waals surface area contributed by atoms with E-state index in [9.17, 15) is 4.39 Å². The van der Waals surface area contributed by atoms with Crippen LogP contribution >= 0.6 is 0 Å². The number of hydrogen-bond acceptors (Lipinski definition) is 7. The fourth-order valence-electron chi connectivity index (χ4n) is 2.68. The molecule has 0 saturated carbocycles. The van der Waals surface area contributed by atoms with Crippen LogP contribution in [0.15, 0.2) is 35.0 Å². The number of aryl methyl sites for hydroxylation is 1. The van der Waals surface area contributed by atoms with Crippen LogP contribution in [0.4, 0.5) is 4.39 Å². The van der Waals surface area contributed by atoms with Gasteiger partial charge in [0.15, 0.2) is 5.65 Å². The normalized spacial score (nSPS) is 11.6. The summed E-state index contributed by atoms with van der Waals surface area (Å²) in [6.07, 6.45) is 1.63. The summed E-state index contributed by atoms with van der Waals surface area (Å²) in [5, 5.41) is 12.0. The second-order valence-corrected chi connectivity index (χ2v) is 6.25. The van der Waals surface area contributed by atoms with Crippen LogP contribution in [0.25, 0.3) is 34.0 Å². The van der Waals surface area contributed by atoms with Crippen molar-refractivity contribution in [2.24, 2.45) is 7.05 Å². The van der Waals surface area contributed by atoms with Crippen molar-refractivity contribution in [1.29, 1.82) is 0 Å². The summed E-state index contributed by atoms with van der Waals surface area (Å²) < 4.78 is 20.9. The molecule has 0 amide bonds. The lowest BCUT2D eigenvalue weighted by atomic mass is 10.1. The van der Waals surface area contributed by atoms with Gasteiger partial charge in [0, 0.05) is 30.9 Å². The maximum Gasteiger partial charge on any atom is 0.259 e. The Kier molecular flexibility index (Phi) is 3.92. The zero-order valence-electron chi connectivity index (χ0n) is 14.5. The lowest BCUT2D eigenvalue weighted by Crippen LogP contribution is -2.12. The van der Waals surface area contributed by atoms with E-state index in [2.05, 4.69) is 25.4 Å². The lowest BCUT2D eigenvalue weighted by molar-refractivity contribution is 0.392. The highest BCUT2D eigenvalue weighted by molar-refractivity contribution is 5.75. The third kappa shape index (κ3) is 2.93. The van der Waals surface area contributed by atoms with Crippen molar-refractivity contribution in [3.05, 3.63) is 41.8 Å². The summed E-state index contributed by atoms with van der Waals surface area (Å²) in [5.74, 6) is 0.446. The minimum atomic E-state index is -0.261. The summed E-state index contributed by atoms with van der Waals surface area (Å²) >= 11 is 0. The average molecular weight is 353 g/mol. The Bertz CT molecular complexity index is 1090. The van der Waals surface area contributed by atoms with E-state index in [4.69, 9.17) is 4.52 Å². The first kappa shape index (κ1) is 16.3. The maximum absolute atomic E-state index is 14.0. The topological polar surface area (TPSA) is 85.8 Å². The van der Waals surface area contributed by atoms with Crippen molar-refractivity contribution >= 4 is 11.2 Å². The molecule has 0 N–H and O–H groups in total. The SMILES string of the molecule is CN(C)Cc1cc(-c2noc(-c3cnc4c(c3)nnn4C)n2)ccc1F. The van der Waals surface area contributed by atoms with Gasteiger partial charge >= 0.3 is 0 Å². The minimum absolute atomic E-state index is 0.261. The number of hydrogen-bond donors (Lipinski definition) is 0. The van der Waals surface area contributed by atoms with Crippen LogP contribution < -0.4 is 0 Å². The molecule has 0 aliphatic heterocycles. The number of rotatable bonds is 4. The first-order valence-corrected chi connectivity index (χ1v) is 7.94. The molecule has 0 aliphatic carbocycles. The Morgan fingerprint density at radius 2 is 2.04 bits per heavy atom. The van der Waals surface area contributed by atoms with Gasteiger partial charge in [0.05, 0.1) is 5.56 Å². The minimum Gasteiger partial charge on any atom is -0.334 e. The van der Waals surface area contributed by atoms with Crippen molar-refractivity contribution in [2.75, 3.05) is 14.1 Å². The molecule has 0 saturated heterocycles. The van der Waals surface area contributed by atoms with Gasteiger partial charge in [-0.15, -0.1) is 5.10 Å².